The summed E-state index contributed by atoms with van der Waals surface area (Å²) in [5, 5.41) is 30.2. The number of rotatable bonds is 7. The van der Waals surface area contributed by atoms with Gasteiger partial charge in [-0.1, -0.05) is 23.7 Å². The molecule has 0 saturated carbocycles. The average molecular weight is 496 g/mol. The zero-order valence-electron chi connectivity index (χ0n) is 18.5. The molecule has 1 heterocycles. The Morgan fingerprint density at radius 2 is 1.85 bits per heavy atom. The monoisotopic (exact) mass is 495 g/mol. The molecule has 182 valence electrons. The van der Waals surface area contributed by atoms with Crippen molar-refractivity contribution in [2.24, 2.45) is 0 Å². The number of benzene rings is 2. The van der Waals surface area contributed by atoms with Crippen LogP contribution in [-0.2, 0) is 12.7 Å². The summed E-state index contributed by atoms with van der Waals surface area (Å²) >= 11 is 5.96. The van der Waals surface area contributed by atoms with E-state index in [9.17, 15) is 18.4 Å². The Bertz CT molecular complexity index is 1040. The summed E-state index contributed by atoms with van der Waals surface area (Å²) in [4.78, 5) is 3.48. The second kappa shape index (κ2) is 10.9. The highest BCUT2D eigenvalue weighted by Gasteiger charge is 2.34. The van der Waals surface area contributed by atoms with Gasteiger partial charge in [0, 0.05) is 17.3 Å². The molecule has 1 aliphatic rings. The number of hydroxylamine groups is 1. The Labute approximate surface area is 200 Å². The molecule has 2 aromatic rings. The van der Waals surface area contributed by atoms with Crippen LogP contribution in [0.4, 0.5) is 18.9 Å². The predicted octanol–water partition coefficient (Wildman–Crippen LogP) is 4.46. The van der Waals surface area contributed by atoms with Crippen LogP contribution in [0.5, 0.6) is 0 Å². The third-order valence-electron chi connectivity index (χ3n) is 5.54. The Balaban J connectivity index is 1.79. The average Bonchev–Trinajstić information content (AvgIpc) is 3.27. The minimum Gasteiger partial charge on any atom is -0.344 e. The van der Waals surface area contributed by atoms with Crippen LogP contribution >= 0.6 is 11.6 Å². The number of anilines is 1. The van der Waals surface area contributed by atoms with E-state index in [0.717, 1.165) is 29.6 Å². The van der Waals surface area contributed by atoms with Crippen LogP contribution in [0.3, 0.4) is 0 Å². The van der Waals surface area contributed by atoms with Crippen LogP contribution in [0.2, 0.25) is 5.02 Å². The molecule has 1 aliphatic heterocycles. The number of hydrogen-bond donors (Lipinski definition) is 5. The molecule has 11 heteroatoms. The molecule has 0 aromatic heterocycles. The van der Waals surface area contributed by atoms with E-state index >= 15 is 0 Å². The van der Waals surface area contributed by atoms with Crippen LogP contribution in [0, 0.1) is 10.8 Å². The first-order valence-electron chi connectivity index (χ1n) is 10.6. The summed E-state index contributed by atoms with van der Waals surface area (Å²) < 4.78 is 38.6. The summed E-state index contributed by atoms with van der Waals surface area (Å²) in [5.41, 5.74) is 1.41. The minimum absolute atomic E-state index is 0.210. The lowest BCUT2D eigenvalue weighted by Crippen LogP contribution is -2.74. The number of nitrogens with one attached hydrogen (secondary N) is 3. The van der Waals surface area contributed by atoms with Gasteiger partial charge < -0.3 is 15.1 Å². The standard InChI is InChI=1S/C23H26ClF3N6O/c1-15(28)33(14-16-4-8-18(24)9-5-16)22(29)20-3-2-12-32(20)21(13-30-34)31-19-10-6-17(7-11-19)23(25,26)27/h4-11,13,20,28-31,34H,2-3,12,14H2,1H3/p+1/b21-13+,28-15?,29-22?. The highest BCUT2D eigenvalue weighted by Crippen LogP contribution is 2.31. The maximum Gasteiger partial charge on any atom is 0.416 e. The molecule has 6 N–H and O–H groups in total. The summed E-state index contributed by atoms with van der Waals surface area (Å²) in [6, 6.07) is 11.4. The van der Waals surface area contributed by atoms with Crippen molar-refractivity contribution in [3.63, 3.8) is 0 Å². The number of amidine groups is 2. The van der Waals surface area contributed by atoms with E-state index in [4.69, 9.17) is 22.4 Å². The first kappa shape index (κ1) is 25.5. The fourth-order valence-corrected chi connectivity index (χ4v) is 3.97. The van der Waals surface area contributed by atoms with Crippen LogP contribution in [-0.4, -0.2) is 39.3 Å². The van der Waals surface area contributed by atoms with E-state index in [1.807, 2.05) is 17.0 Å². The summed E-state index contributed by atoms with van der Waals surface area (Å²) in [5.74, 6) is 0.878. The summed E-state index contributed by atoms with van der Waals surface area (Å²) in [6.07, 6.45) is -1.59. The third kappa shape index (κ3) is 6.28. The van der Waals surface area contributed by atoms with Gasteiger partial charge >= 0.3 is 6.18 Å². The van der Waals surface area contributed by atoms with Crippen molar-refractivity contribution >= 4 is 29.0 Å². The zero-order valence-corrected chi connectivity index (χ0v) is 19.3. The first-order valence-corrected chi connectivity index (χ1v) is 11.0. The highest BCUT2D eigenvalue weighted by molar-refractivity contribution is 6.30. The van der Waals surface area contributed by atoms with E-state index in [1.165, 1.54) is 18.3 Å². The smallest absolute Gasteiger partial charge is 0.344 e. The molecule has 1 fully saturated rings. The Morgan fingerprint density at radius 3 is 2.41 bits per heavy atom. The van der Waals surface area contributed by atoms with E-state index in [0.29, 0.717) is 36.0 Å². The van der Waals surface area contributed by atoms with Gasteiger partial charge in [0.25, 0.3) is 0 Å². The van der Waals surface area contributed by atoms with Gasteiger partial charge in [0.1, 0.15) is 5.84 Å². The molecule has 1 saturated heterocycles. The zero-order chi connectivity index (χ0) is 24.9. The molecule has 1 atom stereocenters. The first-order chi connectivity index (χ1) is 16.1. The molecule has 0 bridgehead atoms. The molecule has 2 aromatic carbocycles. The Kier molecular flexibility index (Phi) is 8.19. The molecule has 1 unspecified atom stereocenters. The molecular weight excluding hydrogens is 469 g/mol. The topological polar surface area (TPSA) is 103 Å². The number of hydrogen-bond acceptors (Lipinski definition) is 5. The van der Waals surface area contributed by atoms with Gasteiger partial charge in [-0.2, -0.15) is 18.7 Å². The molecule has 0 amide bonds. The van der Waals surface area contributed by atoms with Gasteiger partial charge in [0.2, 0.25) is 0 Å². The lowest BCUT2D eigenvalue weighted by molar-refractivity contribution is -0.839. The maximum atomic E-state index is 12.9. The third-order valence-corrected chi connectivity index (χ3v) is 5.80. The number of nitrogens with zero attached hydrogens (tertiary/aromatic N) is 2. The Hall–Kier alpha value is -3.08. The number of halogens is 4. The fraction of sp³-hybridized carbons (Fsp3) is 0.304. The quantitative estimate of drug-likeness (QED) is 0.222. The van der Waals surface area contributed by atoms with Gasteiger partial charge in [-0.3, -0.25) is 10.8 Å². The van der Waals surface area contributed by atoms with Crippen molar-refractivity contribution in [2.45, 2.75) is 38.5 Å². The van der Waals surface area contributed by atoms with Crippen LogP contribution in [0.25, 0.3) is 0 Å². The maximum absolute atomic E-state index is 12.9. The van der Waals surface area contributed by atoms with Crippen LogP contribution < -0.4 is 10.8 Å². The van der Waals surface area contributed by atoms with Gasteiger partial charge in [-0.25, -0.2) is 5.21 Å². The number of alkyl halides is 3. The van der Waals surface area contributed by atoms with Crippen LogP contribution in [0.15, 0.2) is 60.6 Å². The fourth-order valence-electron chi connectivity index (χ4n) is 3.85. The second-order valence-electron chi connectivity index (χ2n) is 7.94. The molecule has 7 nitrogen and oxygen atoms in total. The largest absolute Gasteiger partial charge is 0.416 e. The summed E-state index contributed by atoms with van der Waals surface area (Å²) in [7, 11) is 0. The van der Waals surface area contributed by atoms with E-state index in [-0.39, 0.29) is 17.7 Å². The number of quaternary nitrogens is 1. The SMILES string of the molecule is CC(=N)N(Cc1ccc(Cl)cc1)C(=N)C1CCCN1/C(=C/[NH2+]O)Nc1ccc(C(F)(F)F)cc1. The number of nitrogens with two attached hydrogens (primary N) is 1. The van der Waals surface area contributed by atoms with Gasteiger partial charge in [-0.05, 0) is 61.7 Å². The molecule has 0 spiro atoms. The van der Waals surface area contributed by atoms with Crippen molar-refractivity contribution in [3.8, 4) is 0 Å². The molecular formula is C23H27ClF3N6O+. The van der Waals surface area contributed by atoms with Crippen molar-refractivity contribution in [2.75, 3.05) is 11.9 Å². The van der Waals surface area contributed by atoms with E-state index in [2.05, 4.69) is 5.32 Å². The lowest BCUT2D eigenvalue weighted by Gasteiger charge is -2.34. The van der Waals surface area contributed by atoms with Gasteiger partial charge in [0.15, 0.2) is 12.0 Å². The van der Waals surface area contributed by atoms with E-state index in [1.54, 1.807) is 24.0 Å². The summed E-state index contributed by atoms with van der Waals surface area (Å²) in [6.45, 7) is 2.52. The lowest BCUT2D eigenvalue weighted by atomic mass is 10.1. The minimum atomic E-state index is -4.43. The van der Waals surface area contributed by atoms with Crippen LogP contribution in [0.1, 0.15) is 30.9 Å². The van der Waals surface area contributed by atoms with Gasteiger partial charge in [-0.15, -0.1) is 0 Å². The van der Waals surface area contributed by atoms with Crippen molar-refractivity contribution in [1.82, 2.24) is 9.80 Å². The Morgan fingerprint density at radius 1 is 1.21 bits per heavy atom. The second-order valence-corrected chi connectivity index (χ2v) is 8.37. The van der Waals surface area contributed by atoms with Crippen molar-refractivity contribution in [3.05, 3.63) is 76.7 Å². The molecule has 0 aliphatic carbocycles. The predicted molar refractivity (Wildman–Crippen MR) is 125 cm³/mol. The van der Waals surface area contributed by atoms with Crippen molar-refractivity contribution < 1.29 is 23.9 Å². The van der Waals surface area contributed by atoms with Crippen molar-refractivity contribution in [1.29, 1.82) is 10.8 Å². The number of likely N-dealkylation sites (tertiary alicyclic amines) is 1. The molecule has 3 rings (SSSR count). The molecule has 34 heavy (non-hydrogen) atoms. The van der Waals surface area contributed by atoms with Gasteiger partial charge in [0.05, 0.1) is 24.0 Å². The molecule has 0 radical (unpaired) electrons. The van der Waals surface area contributed by atoms with E-state index < -0.39 is 11.7 Å². The normalized spacial score (nSPS) is 16.5. The highest BCUT2D eigenvalue weighted by atomic mass is 35.5.